The number of benzene rings is 1. The van der Waals surface area contributed by atoms with E-state index in [4.69, 9.17) is 11.6 Å². The van der Waals surface area contributed by atoms with E-state index in [1.807, 2.05) is 29.2 Å². The van der Waals surface area contributed by atoms with Crippen LogP contribution < -0.4 is 10.2 Å². The van der Waals surface area contributed by atoms with Gasteiger partial charge in [0.1, 0.15) is 11.6 Å². The summed E-state index contributed by atoms with van der Waals surface area (Å²) in [5.41, 5.74) is 0. The number of nitrogens with one attached hydrogen (secondary N) is 1. The zero-order chi connectivity index (χ0) is 21.1. The average molecular weight is 449 g/mol. The van der Waals surface area contributed by atoms with Gasteiger partial charge in [-0.1, -0.05) is 17.7 Å². The second kappa shape index (κ2) is 8.50. The number of pyridine rings is 1. The van der Waals surface area contributed by atoms with Gasteiger partial charge in [0.05, 0.1) is 9.92 Å². The van der Waals surface area contributed by atoms with Crippen LogP contribution in [0.1, 0.15) is 0 Å². The van der Waals surface area contributed by atoms with Gasteiger partial charge in [0.2, 0.25) is 10.0 Å². The molecule has 3 aromatic rings. The van der Waals surface area contributed by atoms with E-state index in [2.05, 4.69) is 20.5 Å². The summed E-state index contributed by atoms with van der Waals surface area (Å²) in [6.45, 7) is 1.45. The fourth-order valence-electron chi connectivity index (χ4n) is 3.07. The van der Waals surface area contributed by atoms with Crippen molar-refractivity contribution in [1.29, 1.82) is 0 Å². The average Bonchev–Trinajstić information content (AvgIpc) is 2.77. The molecular formula is C19H18ClFN6O2S. The molecule has 0 amide bonds. The molecule has 0 saturated carbocycles. The van der Waals surface area contributed by atoms with Gasteiger partial charge >= 0.3 is 0 Å². The molecule has 1 aromatic carbocycles. The van der Waals surface area contributed by atoms with Gasteiger partial charge in [-0.3, -0.25) is 0 Å². The van der Waals surface area contributed by atoms with E-state index in [1.165, 1.54) is 10.4 Å². The second-order valence-electron chi connectivity index (χ2n) is 6.58. The lowest BCUT2D eigenvalue weighted by Gasteiger charge is -2.34. The third kappa shape index (κ3) is 4.35. The zero-order valence-corrected chi connectivity index (χ0v) is 17.3. The van der Waals surface area contributed by atoms with Crippen LogP contribution in [0, 0.1) is 5.82 Å². The van der Waals surface area contributed by atoms with E-state index in [0.717, 1.165) is 12.1 Å². The Morgan fingerprint density at radius 2 is 1.77 bits per heavy atom. The molecule has 2 aromatic heterocycles. The van der Waals surface area contributed by atoms with Gasteiger partial charge in [0, 0.05) is 32.4 Å². The summed E-state index contributed by atoms with van der Waals surface area (Å²) in [5.74, 6) is 1.23. The number of aromatic nitrogens is 3. The molecule has 0 spiro atoms. The lowest BCUT2D eigenvalue weighted by molar-refractivity contribution is 0.383. The van der Waals surface area contributed by atoms with Crippen molar-refractivity contribution in [2.45, 2.75) is 4.90 Å². The summed E-state index contributed by atoms with van der Waals surface area (Å²) < 4.78 is 40.3. The molecule has 0 atom stereocenters. The molecule has 30 heavy (non-hydrogen) atoms. The van der Waals surface area contributed by atoms with Crippen molar-refractivity contribution in [3.8, 4) is 0 Å². The van der Waals surface area contributed by atoms with Gasteiger partial charge in [0.25, 0.3) is 0 Å². The summed E-state index contributed by atoms with van der Waals surface area (Å²) in [6, 6.07) is 12.5. The Bertz CT molecular complexity index is 1120. The summed E-state index contributed by atoms with van der Waals surface area (Å²) in [4.78, 5) is 6.11. The number of nitrogens with zero attached hydrogens (tertiary/aromatic N) is 5. The topological polar surface area (TPSA) is 91.3 Å². The molecule has 0 radical (unpaired) electrons. The van der Waals surface area contributed by atoms with E-state index in [9.17, 15) is 12.8 Å². The van der Waals surface area contributed by atoms with Crippen LogP contribution in [0.25, 0.3) is 0 Å². The second-order valence-corrected chi connectivity index (χ2v) is 8.93. The molecule has 3 heterocycles. The van der Waals surface area contributed by atoms with Crippen LogP contribution in [0.4, 0.5) is 21.8 Å². The maximum atomic E-state index is 13.4. The molecule has 4 rings (SSSR count). The fourth-order valence-corrected chi connectivity index (χ4v) is 4.77. The van der Waals surface area contributed by atoms with Crippen LogP contribution in [0.5, 0.6) is 0 Å². The van der Waals surface area contributed by atoms with Gasteiger partial charge < -0.3 is 10.2 Å². The maximum Gasteiger partial charge on any atom is 0.243 e. The van der Waals surface area contributed by atoms with Crippen molar-refractivity contribution in [1.82, 2.24) is 19.5 Å². The van der Waals surface area contributed by atoms with E-state index < -0.39 is 15.8 Å². The highest BCUT2D eigenvalue weighted by molar-refractivity contribution is 7.89. The van der Waals surface area contributed by atoms with Gasteiger partial charge in [-0.25, -0.2) is 17.8 Å². The fraction of sp³-hybridized carbons (Fsp3) is 0.211. The third-order valence-electron chi connectivity index (χ3n) is 4.66. The van der Waals surface area contributed by atoms with E-state index >= 15 is 0 Å². The number of rotatable bonds is 5. The summed E-state index contributed by atoms with van der Waals surface area (Å²) in [7, 11) is -3.75. The van der Waals surface area contributed by atoms with Crippen LogP contribution in [0.3, 0.4) is 0 Å². The molecule has 0 aliphatic carbocycles. The van der Waals surface area contributed by atoms with Crippen molar-refractivity contribution in [3.63, 3.8) is 0 Å². The van der Waals surface area contributed by atoms with Crippen molar-refractivity contribution < 1.29 is 12.8 Å². The highest BCUT2D eigenvalue weighted by Gasteiger charge is 2.29. The normalized spacial score (nSPS) is 15.2. The Hall–Kier alpha value is -2.82. The maximum absolute atomic E-state index is 13.4. The lowest BCUT2D eigenvalue weighted by Crippen LogP contribution is -2.49. The molecule has 1 aliphatic rings. The molecule has 1 aliphatic heterocycles. The quantitative estimate of drug-likeness (QED) is 0.641. The molecule has 11 heteroatoms. The van der Waals surface area contributed by atoms with Gasteiger partial charge in [-0.15, -0.1) is 10.2 Å². The minimum Gasteiger partial charge on any atom is -0.352 e. The number of anilines is 3. The zero-order valence-electron chi connectivity index (χ0n) is 15.7. The van der Waals surface area contributed by atoms with Crippen molar-refractivity contribution in [2.24, 2.45) is 0 Å². The highest BCUT2D eigenvalue weighted by atomic mass is 35.5. The smallest absolute Gasteiger partial charge is 0.243 e. The predicted molar refractivity (Wildman–Crippen MR) is 112 cm³/mol. The third-order valence-corrected chi connectivity index (χ3v) is 6.85. The van der Waals surface area contributed by atoms with Crippen LogP contribution >= 0.6 is 11.6 Å². The van der Waals surface area contributed by atoms with Crippen LogP contribution in [0.2, 0.25) is 5.02 Å². The first-order valence-corrected chi connectivity index (χ1v) is 11.0. The molecule has 8 nitrogen and oxygen atoms in total. The molecule has 0 bridgehead atoms. The first-order chi connectivity index (χ1) is 14.4. The number of piperazine rings is 1. The standard InChI is InChI=1S/C19H18ClFN6O2S/c20-15-13-14(4-5-16(15)21)30(28,29)27-11-9-26(10-12-27)19-7-6-18(24-25-19)23-17-3-1-2-8-22-17/h1-8,13H,9-12H2,(H,22,23,24). The van der Waals surface area contributed by atoms with Gasteiger partial charge in [0.15, 0.2) is 11.6 Å². The first-order valence-electron chi connectivity index (χ1n) is 9.15. The largest absolute Gasteiger partial charge is 0.352 e. The van der Waals surface area contributed by atoms with Crippen LogP contribution in [-0.2, 0) is 10.0 Å². The highest BCUT2D eigenvalue weighted by Crippen LogP contribution is 2.24. The number of hydrogen-bond acceptors (Lipinski definition) is 7. The summed E-state index contributed by atoms with van der Waals surface area (Å²) in [6.07, 6.45) is 1.68. The molecule has 156 valence electrons. The van der Waals surface area contributed by atoms with Crippen molar-refractivity contribution in [3.05, 3.63) is 65.6 Å². The van der Waals surface area contributed by atoms with E-state index in [0.29, 0.717) is 30.5 Å². The number of sulfonamides is 1. The van der Waals surface area contributed by atoms with Crippen LogP contribution in [-0.4, -0.2) is 54.1 Å². The number of hydrogen-bond donors (Lipinski definition) is 1. The Morgan fingerprint density at radius 1 is 0.967 bits per heavy atom. The Morgan fingerprint density at radius 3 is 2.40 bits per heavy atom. The van der Waals surface area contributed by atoms with Crippen molar-refractivity contribution >= 4 is 39.1 Å². The minimum absolute atomic E-state index is 0.0212. The first kappa shape index (κ1) is 20.5. The lowest BCUT2D eigenvalue weighted by atomic mass is 10.3. The molecular weight excluding hydrogens is 431 g/mol. The Kier molecular flexibility index (Phi) is 5.80. The molecule has 1 N–H and O–H groups in total. The monoisotopic (exact) mass is 448 g/mol. The van der Waals surface area contributed by atoms with E-state index in [1.54, 1.807) is 12.3 Å². The van der Waals surface area contributed by atoms with Crippen molar-refractivity contribution in [2.75, 3.05) is 36.4 Å². The predicted octanol–water partition coefficient (Wildman–Crippen LogP) is 2.92. The molecule has 0 unspecified atom stereocenters. The minimum atomic E-state index is -3.75. The Labute approximate surface area is 178 Å². The van der Waals surface area contributed by atoms with E-state index in [-0.39, 0.29) is 23.0 Å². The Balaban J connectivity index is 1.40. The SMILES string of the molecule is O=S(=O)(c1ccc(F)c(Cl)c1)N1CCN(c2ccc(Nc3ccccn3)nn2)CC1. The molecule has 1 fully saturated rings. The summed E-state index contributed by atoms with van der Waals surface area (Å²) >= 11 is 5.74. The van der Waals surface area contributed by atoms with Crippen LogP contribution in [0.15, 0.2) is 59.6 Å². The van der Waals surface area contributed by atoms with Gasteiger partial charge in [-0.2, -0.15) is 4.31 Å². The number of halogens is 2. The molecule has 1 saturated heterocycles. The van der Waals surface area contributed by atoms with Gasteiger partial charge in [-0.05, 0) is 42.5 Å². The summed E-state index contributed by atoms with van der Waals surface area (Å²) in [5, 5.41) is 11.2.